The van der Waals surface area contributed by atoms with Crippen LogP contribution in [-0.2, 0) is 11.3 Å². The summed E-state index contributed by atoms with van der Waals surface area (Å²) in [6, 6.07) is 12.4. The summed E-state index contributed by atoms with van der Waals surface area (Å²) in [6.07, 6.45) is 6.16. The minimum atomic E-state index is -1.39. The predicted molar refractivity (Wildman–Crippen MR) is 123 cm³/mol. The molecule has 0 saturated heterocycles. The maximum atomic E-state index is 14.9. The molecule has 5 rings (SSSR count). The maximum Gasteiger partial charge on any atom is 0.276 e. The van der Waals surface area contributed by atoms with Gasteiger partial charge in [0.2, 0.25) is 5.91 Å². The van der Waals surface area contributed by atoms with Gasteiger partial charge in [0.25, 0.3) is 5.91 Å². The van der Waals surface area contributed by atoms with E-state index in [-0.39, 0.29) is 24.2 Å². The molecule has 1 atom stereocenters. The number of benzene rings is 2. The van der Waals surface area contributed by atoms with Gasteiger partial charge in [-0.05, 0) is 44.0 Å². The van der Waals surface area contributed by atoms with Crippen LogP contribution in [0.5, 0.6) is 0 Å². The van der Waals surface area contributed by atoms with E-state index >= 15 is 0 Å². The average molecular weight is 452 g/mol. The SMILES string of the molecule is CC1(C(=O)NC2CCCCCC2)Cn2c(cc3ccccc32)C(=O)N1c1ccc(F)cc1F. The molecule has 1 N–H and O–H groups in total. The average Bonchev–Trinajstić information content (AvgIpc) is 2.96. The number of amides is 2. The van der Waals surface area contributed by atoms with Gasteiger partial charge in [0.1, 0.15) is 22.9 Å². The minimum absolute atomic E-state index is 0.0228. The summed E-state index contributed by atoms with van der Waals surface area (Å²) in [5.41, 5.74) is -0.277. The number of halogens is 2. The second-order valence-electron chi connectivity index (χ2n) is 9.35. The third kappa shape index (κ3) is 3.69. The van der Waals surface area contributed by atoms with Gasteiger partial charge in [-0.25, -0.2) is 8.78 Å². The van der Waals surface area contributed by atoms with Crippen LogP contribution in [0.3, 0.4) is 0 Å². The third-order valence-corrected chi connectivity index (χ3v) is 7.02. The molecule has 7 heteroatoms. The van der Waals surface area contributed by atoms with Gasteiger partial charge in [0, 0.05) is 23.0 Å². The van der Waals surface area contributed by atoms with Crippen molar-refractivity contribution in [1.82, 2.24) is 9.88 Å². The van der Waals surface area contributed by atoms with E-state index < -0.39 is 23.1 Å². The first-order valence-corrected chi connectivity index (χ1v) is 11.6. The van der Waals surface area contributed by atoms with Gasteiger partial charge in [-0.1, -0.05) is 43.9 Å². The summed E-state index contributed by atoms with van der Waals surface area (Å²) >= 11 is 0. The lowest BCUT2D eigenvalue weighted by atomic mass is 9.92. The van der Waals surface area contributed by atoms with Gasteiger partial charge in [0.05, 0.1) is 12.2 Å². The van der Waals surface area contributed by atoms with Crippen LogP contribution in [0.15, 0.2) is 48.5 Å². The van der Waals surface area contributed by atoms with Crippen LogP contribution in [0.25, 0.3) is 10.9 Å². The topological polar surface area (TPSA) is 54.3 Å². The zero-order valence-corrected chi connectivity index (χ0v) is 18.6. The molecule has 3 aromatic rings. The van der Waals surface area contributed by atoms with E-state index in [2.05, 4.69) is 5.32 Å². The van der Waals surface area contributed by atoms with Crippen LogP contribution in [0, 0.1) is 11.6 Å². The molecule has 1 aromatic heterocycles. The predicted octanol–water partition coefficient (Wildman–Crippen LogP) is 5.18. The first-order chi connectivity index (χ1) is 15.9. The Morgan fingerprint density at radius 1 is 1.03 bits per heavy atom. The number of hydrogen-bond acceptors (Lipinski definition) is 2. The Morgan fingerprint density at radius 2 is 1.76 bits per heavy atom. The first kappa shape index (κ1) is 21.6. The van der Waals surface area contributed by atoms with Crippen molar-refractivity contribution in [2.45, 2.75) is 63.6 Å². The highest BCUT2D eigenvalue weighted by molar-refractivity contribution is 6.14. The van der Waals surface area contributed by atoms with Crippen LogP contribution >= 0.6 is 0 Å². The van der Waals surface area contributed by atoms with Crippen LogP contribution in [0.4, 0.5) is 14.5 Å². The monoisotopic (exact) mass is 451 g/mol. The molecule has 1 aliphatic carbocycles. The van der Waals surface area contributed by atoms with E-state index in [1.165, 1.54) is 11.0 Å². The fourth-order valence-corrected chi connectivity index (χ4v) is 5.25. The van der Waals surface area contributed by atoms with Gasteiger partial charge in [-0.3, -0.25) is 14.5 Å². The van der Waals surface area contributed by atoms with E-state index in [4.69, 9.17) is 0 Å². The summed E-state index contributed by atoms with van der Waals surface area (Å²) < 4.78 is 30.4. The Hall–Kier alpha value is -3.22. The Kier molecular flexibility index (Phi) is 5.43. The number of nitrogens with zero attached hydrogens (tertiary/aromatic N) is 2. The highest BCUT2D eigenvalue weighted by Crippen LogP contribution is 2.37. The molecule has 0 bridgehead atoms. The van der Waals surface area contributed by atoms with Crippen LogP contribution in [0.2, 0.25) is 0 Å². The molecule has 1 unspecified atom stereocenters. The van der Waals surface area contributed by atoms with E-state index in [1.807, 2.05) is 28.8 Å². The fraction of sp³-hybridized carbons (Fsp3) is 0.385. The Morgan fingerprint density at radius 3 is 2.48 bits per heavy atom. The van der Waals surface area contributed by atoms with Gasteiger partial charge >= 0.3 is 0 Å². The maximum absolute atomic E-state index is 14.9. The number of hydrogen-bond donors (Lipinski definition) is 1. The summed E-state index contributed by atoms with van der Waals surface area (Å²) in [6.45, 7) is 1.83. The van der Waals surface area contributed by atoms with Crippen molar-refractivity contribution in [3.05, 3.63) is 65.9 Å². The molecule has 5 nitrogen and oxygen atoms in total. The summed E-state index contributed by atoms with van der Waals surface area (Å²) in [7, 11) is 0. The number of anilines is 1. The number of carbonyl (C=O) groups excluding carboxylic acids is 2. The lowest BCUT2D eigenvalue weighted by molar-refractivity contribution is -0.127. The highest BCUT2D eigenvalue weighted by atomic mass is 19.1. The summed E-state index contributed by atoms with van der Waals surface area (Å²) in [4.78, 5) is 28.7. The molecule has 1 aliphatic heterocycles. The second-order valence-corrected chi connectivity index (χ2v) is 9.35. The molecule has 0 spiro atoms. The zero-order chi connectivity index (χ0) is 23.2. The summed E-state index contributed by atoms with van der Waals surface area (Å²) in [5, 5.41) is 4.02. The van der Waals surface area contributed by atoms with E-state index in [9.17, 15) is 18.4 Å². The van der Waals surface area contributed by atoms with Crippen LogP contribution in [0.1, 0.15) is 55.9 Å². The van der Waals surface area contributed by atoms with Crippen molar-refractivity contribution in [1.29, 1.82) is 0 Å². The van der Waals surface area contributed by atoms with E-state index in [1.54, 1.807) is 13.0 Å². The van der Waals surface area contributed by atoms with Crippen molar-refractivity contribution in [3.8, 4) is 0 Å². The molecule has 2 aliphatic rings. The number of para-hydroxylation sites is 1. The van der Waals surface area contributed by atoms with Gasteiger partial charge in [0.15, 0.2) is 0 Å². The molecule has 1 fully saturated rings. The number of nitrogens with one attached hydrogen (secondary N) is 1. The summed E-state index contributed by atoms with van der Waals surface area (Å²) in [5.74, 6) is -2.42. The molecular formula is C26H27F2N3O2. The Labute approximate surface area is 191 Å². The van der Waals surface area contributed by atoms with Crippen molar-refractivity contribution in [3.63, 3.8) is 0 Å². The quantitative estimate of drug-likeness (QED) is 0.558. The van der Waals surface area contributed by atoms with Crippen molar-refractivity contribution >= 4 is 28.4 Å². The number of carbonyl (C=O) groups is 2. The van der Waals surface area contributed by atoms with Gasteiger partial charge in [-0.2, -0.15) is 0 Å². The zero-order valence-electron chi connectivity index (χ0n) is 18.6. The molecule has 1 saturated carbocycles. The second kappa shape index (κ2) is 8.28. The smallest absolute Gasteiger partial charge is 0.276 e. The van der Waals surface area contributed by atoms with E-state index in [0.29, 0.717) is 5.69 Å². The van der Waals surface area contributed by atoms with Crippen molar-refractivity contribution in [2.75, 3.05) is 4.90 Å². The number of rotatable bonds is 3. The molecule has 2 heterocycles. The van der Waals surface area contributed by atoms with Gasteiger partial charge in [-0.15, -0.1) is 0 Å². The van der Waals surface area contributed by atoms with Crippen molar-refractivity contribution in [2.24, 2.45) is 0 Å². The molecule has 172 valence electrons. The Balaban J connectivity index is 1.61. The molecule has 2 amide bonds. The van der Waals surface area contributed by atoms with E-state index in [0.717, 1.165) is 61.6 Å². The fourth-order valence-electron chi connectivity index (χ4n) is 5.25. The first-order valence-electron chi connectivity index (χ1n) is 11.6. The lowest BCUT2D eigenvalue weighted by Crippen LogP contribution is -2.65. The molecular weight excluding hydrogens is 424 g/mol. The van der Waals surface area contributed by atoms with Crippen molar-refractivity contribution < 1.29 is 18.4 Å². The van der Waals surface area contributed by atoms with Crippen LogP contribution < -0.4 is 10.2 Å². The minimum Gasteiger partial charge on any atom is -0.351 e. The van der Waals surface area contributed by atoms with Crippen LogP contribution in [-0.4, -0.2) is 28.0 Å². The van der Waals surface area contributed by atoms with Gasteiger partial charge < -0.3 is 9.88 Å². The molecule has 33 heavy (non-hydrogen) atoms. The number of aromatic nitrogens is 1. The Bertz CT molecular complexity index is 1230. The lowest BCUT2D eigenvalue weighted by Gasteiger charge is -2.44. The number of fused-ring (bicyclic) bond motifs is 3. The molecule has 0 radical (unpaired) electrons. The normalized spacial score (nSPS) is 21.7. The largest absolute Gasteiger partial charge is 0.351 e. The third-order valence-electron chi connectivity index (χ3n) is 7.02. The standard InChI is InChI=1S/C26H27F2N3O2/c1-26(25(33)29-19-9-4-2-3-5-10-19)16-30-21-11-7-6-8-17(21)14-23(30)24(32)31(26)22-13-12-18(27)15-20(22)28/h6-8,11-15,19H,2-5,9-10,16H2,1H3,(H,29,33). The highest BCUT2D eigenvalue weighted by Gasteiger charge is 2.49. The molecule has 2 aromatic carbocycles.